The van der Waals surface area contributed by atoms with Gasteiger partial charge >= 0.3 is 5.91 Å². The molecule has 1 aliphatic rings. The number of nitrogens with one attached hydrogen (secondary N) is 1. The Morgan fingerprint density at radius 3 is 2.49 bits per heavy atom. The standard InChI is InChI=1S/C30H29N3O4/c1-16(2)20-15-21(18(4)14-24(20)37-5)27(34)25-26(19-10-8-9-17(3)13-19)33(29(36)28(25)35)30-31-22-11-6-7-12-23(22)32-30/h6-16,26,34H,1-5H3,(H,31,32)/b27-25+. The van der Waals surface area contributed by atoms with E-state index in [-0.39, 0.29) is 23.2 Å². The minimum Gasteiger partial charge on any atom is -0.507 e. The molecule has 0 radical (unpaired) electrons. The second kappa shape index (κ2) is 9.24. The number of hydrogen-bond donors (Lipinski definition) is 2. The number of anilines is 1. The third-order valence-electron chi connectivity index (χ3n) is 6.86. The van der Waals surface area contributed by atoms with Gasteiger partial charge in [-0.3, -0.25) is 14.5 Å². The van der Waals surface area contributed by atoms with E-state index in [0.717, 1.165) is 22.2 Å². The van der Waals surface area contributed by atoms with E-state index in [9.17, 15) is 14.7 Å². The topological polar surface area (TPSA) is 95.5 Å². The second-order valence-corrected chi connectivity index (χ2v) is 9.72. The van der Waals surface area contributed by atoms with Crippen LogP contribution in [0.3, 0.4) is 0 Å². The molecule has 1 aliphatic heterocycles. The van der Waals surface area contributed by atoms with Crippen molar-refractivity contribution in [2.75, 3.05) is 12.0 Å². The van der Waals surface area contributed by atoms with Gasteiger partial charge in [0.15, 0.2) is 0 Å². The summed E-state index contributed by atoms with van der Waals surface area (Å²) in [5.41, 5.74) is 5.24. The highest BCUT2D eigenvalue weighted by atomic mass is 16.5. The van der Waals surface area contributed by atoms with Crippen LogP contribution >= 0.6 is 0 Å². The van der Waals surface area contributed by atoms with Crippen LogP contribution in [0.4, 0.5) is 5.95 Å². The number of nitrogens with zero attached hydrogens (tertiary/aromatic N) is 2. The van der Waals surface area contributed by atoms with Crippen molar-refractivity contribution in [3.63, 3.8) is 0 Å². The van der Waals surface area contributed by atoms with Crippen LogP contribution < -0.4 is 9.64 Å². The number of fused-ring (bicyclic) bond motifs is 1. The van der Waals surface area contributed by atoms with E-state index in [0.29, 0.717) is 22.4 Å². The van der Waals surface area contributed by atoms with Gasteiger partial charge in [0.05, 0.1) is 29.8 Å². The minimum absolute atomic E-state index is 0.0269. The van der Waals surface area contributed by atoms with Gasteiger partial charge < -0.3 is 14.8 Å². The Balaban J connectivity index is 1.76. The maximum atomic E-state index is 13.6. The van der Waals surface area contributed by atoms with Crippen molar-refractivity contribution < 1.29 is 19.4 Å². The first-order chi connectivity index (χ1) is 17.7. The number of rotatable bonds is 5. The molecule has 7 heteroatoms. The quantitative estimate of drug-likeness (QED) is 0.203. The van der Waals surface area contributed by atoms with Crippen LogP contribution in [-0.4, -0.2) is 33.9 Å². The van der Waals surface area contributed by atoms with E-state index in [1.165, 1.54) is 4.90 Å². The Labute approximate surface area is 215 Å². The fourth-order valence-corrected chi connectivity index (χ4v) is 4.99. The summed E-state index contributed by atoms with van der Waals surface area (Å²) >= 11 is 0. The Morgan fingerprint density at radius 1 is 1.05 bits per heavy atom. The van der Waals surface area contributed by atoms with Crippen LogP contribution in [0.2, 0.25) is 0 Å². The molecule has 1 amide bonds. The van der Waals surface area contributed by atoms with Crippen molar-refractivity contribution in [1.82, 2.24) is 9.97 Å². The van der Waals surface area contributed by atoms with E-state index in [2.05, 4.69) is 9.97 Å². The zero-order chi connectivity index (χ0) is 26.4. The summed E-state index contributed by atoms with van der Waals surface area (Å²) in [5, 5.41) is 11.7. The molecule has 1 fully saturated rings. The predicted octanol–water partition coefficient (Wildman–Crippen LogP) is 5.94. The summed E-state index contributed by atoms with van der Waals surface area (Å²) in [5.74, 6) is -0.642. The number of Topliss-reactive ketones (excluding diaryl/α,β-unsaturated/α-hetero) is 1. The molecular formula is C30H29N3O4. The number of aliphatic hydroxyl groups excluding tert-OH is 1. The van der Waals surface area contributed by atoms with Crippen LogP contribution in [0, 0.1) is 13.8 Å². The lowest BCUT2D eigenvalue weighted by atomic mass is 9.90. The normalized spacial score (nSPS) is 17.2. The summed E-state index contributed by atoms with van der Waals surface area (Å²) in [7, 11) is 1.61. The first-order valence-electron chi connectivity index (χ1n) is 12.2. The molecule has 1 saturated heterocycles. The van der Waals surface area contributed by atoms with Crippen molar-refractivity contribution in [1.29, 1.82) is 0 Å². The number of para-hydroxylation sites is 2. The number of ether oxygens (including phenoxy) is 1. The Kier molecular flexibility index (Phi) is 6.07. The largest absolute Gasteiger partial charge is 0.507 e. The van der Waals surface area contributed by atoms with Gasteiger partial charge in [0.2, 0.25) is 5.95 Å². The van der Waals surface area contributed by atoms with E-state index in [1.807, 2.05) is 88.4 Å². The lowest BCUT2D eigenvalue weighted by Crippen LogP contribution is -2.30. The molecule has 3 aromatic carbocycles. The molecule has 188 valence electrons. The molecule has 1 aromatic heterocycles. The number of aliphatic hydroxyl groups is 1. The molecule has 7 nitrogen and oxygen atoms in total. The van der Waals surface area contributed by atoms with Crippen LogP contribution in [0.5, 0.6) is 5.75 Å². The molecule has 2 N–H and O–H groups in total. The fourth-order valence-electron chi connectivity index (χ4n) is 4.99. The molecule has 0 aliphatic carbocycles. The van der Waals surface area contributed by atoms with E-state index < -0.39 is 17.7 Å². The maximum Gasteiger partial charge on any atom is 0.302 e. The number of carbonyl (C=O) groups excluding carboxylic acids is 2. The molecule has 0 bridgehead atoms. The number of aryl methyl sites for hydroxylation is 2. The number of aromatic nitrogens is 2. The summed E-state index contributed by atoms with van der Waals surface area (Å²) in [4.78, 5) is 36.2. The number of hydrogen-bond acceptors (Lipinski definition) is 5. The van der Waals surface area contributed by atoms with Crippen molar-refractivity contribution in [2.45, 2.75) is 39.7 Å². The second-order valence-electron chi connectivity index (χ2n) is 9.72. The van der Waals surface area contributed by atoms with Gasteiger partial charge in [0, 0.05) is 5.56 Å². The summed E-state index contributed by atoms with van der Waals surface area (Å²) in [6.45, 7) is 7.85. The van der Waals surface area contributed by atoms with Crippen molar-refractivity contribution in [3.05, 3.63) is 94.1 Å². The number of amides is 1. The fraction of sp³-hybridized carbons (Fsp3) is 0.233. The highest BCUT2D eigenvalue weighted by Crippen LogP contribution is 2.43. The van der Waals surface area contributed by atoms with Crippen LogP contribution in [0.25, 0.3) is 16.8 Å². The van der Waals surface area contributed by atoms with Gasteiger partial charge in [-0.05, 0) is 60.7 Å². The Morgan fingerprint density at radius 2 is 1.81 bits per heavy atom. The average Bonchev–Trinajstić information content (AvgIpc) is 3.41. The zero-order valence-electron chi connectivity index (χ0n) is 21.5. The van der Waals surface area contributed by atoms with Crippen LogP contribution in [0.1, 0.15) is 53.6 Å². The first-order valence-corrected chi connectivity index (χ1v) is 12.2. The number of carbonyl (C=O) groups is 2. The van der Waals surface area contributed by atoms with Crippen LogP contribution in [0.15, 0.2) is 66.2 Å². The number of imidazole rings is 1. The number of benzene rings is 3. The monoisotopic (exact) mass is 495 g/mol. The summed E-state index contributed by atoms with van der Waals surface area (Å²) < 4.78 is 5.55. The molecule has 0 spiro atoms. The number of ketones is 1. The van der Waals surface area contributed by atoms with Crippen molar-refractivity contribution in [3.8, 4) is 5.75 Å². The number of methoxy groups -OCH3 is 1. The molecule has 5 rings (SSSR count). The first kappa shape index (κ1) is 24.3. The molecule has 0 saturated carbocycles. The molecular weight excluding hydrogens is 466 g/mol. The minimum atomic E-state index is -0.857. The van der Waals surface area contributed by atoms with Crippen molar-refractivity contribution >= 4 is 34.4 Å². The summed E-state index contributed by atoms with van der Waals surface area (Å²) in [6, 6.07) is 17.8. The average molecular weight is 496 g/mol. The lowest BCUT2D eigenvalue weighted by molar-refractivity contribution is -0.132. The Hall–Kier alpha value is -4.39. The van der Waals surface area contributed by atoms with Gasteiger partial charge in [-0.25, -0.2) is 4.98 Å². The third-order valence-corrected chi connectivity index (χ3v) is 6.86. The highest BCUT2D eigenvalue weighted by Gasteiger charge is 2.48. The SMILES string of the molecule is COc1cc(C)c(/C(O)=C2\C(=O)C(=O)N(c3nc4ccccc4[nH]3)C2c2cccc(C)c2)cc1C(C)C. The highest BCUT2D eigenvalue weighted by molar-refractivity contribution is 6.51. The van der Waals surface area contributed by atoms with Gasteiger partial charge in [-0.1, -0.05) is 55.8 Å². The van der Waals surface area contributed by atoms with Gasteiger partial charge in [0.1, 0.15) is 11.5 Å². The molecule has 1 unspecified atom stereocenters. The number of H-pyrrole nitrogens is 1. The molecule has 1 atom stereocenters. The smallest absolute Gasteiger partial charge is 0.302 e. The molecule has 37 heavy (non-hydrogen) atoms. The predicted molar refractivity (Wildman–Crippen MR) is 144 cm³/mol. The Bertz CT molecular complexity index is 1550. The van der Waals surface area contributed by atoms with E-state index >= 15 is 0 Å². The van der Waals surface area contributed by atoms with E-state index in [4.69, 9.17) is 4.74 Å². The molecule has 2 heterocycles. The number of aromatic amines is 1. The van der Waals surface area contributed by atoms with Crippen LogP contribution in [-0.2, 0) is 9.59 Å². The summed E-state index contributed by atoms with van der Waals surface area (Å²) in [6.07, 6.45) is 0. The van der Waals surface area contributed by atoms with Gasteiger partial charge in [-0.15, -0.1) is 0 Å². The van der Waals surface area contributed by atoms with Crippen molar-refractivity contribution in [2.24, 2.45) is 0 Å². The van der Waals surface area contributed by atoms with Gasteiger partial charge in [-0.2, -0.15) is 0 Å². The maximum absolute atomic E-state index is 13.6. The zero-order valence-corrected chi connectivity index (χ0v) is 21.5. The third kappa shape index (κ3) is 4.06. The van der Waals surface area contributed by atoms with E-state index in [1.54, 1.807) is 7.11 Å². The van der Waals surface area contributed by atoms with Gasteiger partial charge in [0.25, 0.3) is 5.78 Å². The lowest BCUT2D eigenvalue weighted by Gasteiger charge is -2.24. The molecule has 4 aromatic rings.